The third-order valence-electron chi connectivity index (χ3n) is 7.26. The largest absolute Gasteiger partial charge is 0.388 e. The van der Waals surface area contributed by atoms with E-state index in [9.17, 15) is 36.2 Å². The van der Waals surface area contributed by atoms with Gasteiger partial charge in [-0.05, 0) is 48.8 Å². The van der Waals surface area contributed by atoms with Crippen LogP contribution < -0.4 is 5.32 Å². The lowest BCUT2D eigenvalue weighted by atomic mass is 9.76. The van der Waals surface area contributed by atoms with Crippen LogP contribution in [0.5, 0.6) is 0 Å². The Morgan fingerprint density at radius 2 is 1.64 bits per heavy atom. The van der Waals surface area contributed by atoms with Crippen molar-refractivity contribution in [3.05, 3.63) is 58.4 Å². The molecule has 1 heterocycles. The molecule has 5 N–H and O–H groups in total. The maximum Gasteiger partial charge on any atom is 0.271 e. The molecule has 7 atom stereocenters. The minimum absolute atomic E-state index is 0.0740. The van der Waals surface area contributed by atoms with Gasteiger partial charge in [-0.3, -0.25) is 9.11 Å². The first-order valence-electron chi connectivity index (χ1n) is 10.9. The lowest BCUT2D eigenvalue weighted by Gasteiger charge is -2.31. The van der Waals surface area contributed by atoms with Gasteiger partial charge in [0.1, 0.15) is 16.7 Å². The number of aliphatic hydroxyl groups is 2. The molecular weight excluding hydrogens is 470 g/mol. The standard InChI is InChI=1S/C22H29NO8S2/c1-3-15-17(16-9-8-14(10-11(16)2)33(29,30)31)18-19(21(15)24)20(23-22(18)25)12-4-6-13(7-5-12)32(26,27)28/h4-6,9-10,13-15,17-18,21-25H,3,7-8H2,1-2H3,(H,26,27,28)(H,29,30,31). The second-order valence-corrected chi connectivity index (χ2v) is 12.4. The van der Waals surface area contributed by atoms with Gasteiger partial charge in [-0.2, -0.15) is 16.8 Å². The van der Waals surface area contributed by atoms with Gasteiger partial charge in [0.15, 0.2) is 0 Å². The van der Waals surface area contributed by atoms with Crippen LogP contribution in [0.1, 0.15) is 33.1 Å². The van der Waals surface area contributed by atoms with Crippen molar-refractivity contribution in [2.75, 3.05) is 0 Å². The molecule has 1 aliphatic heterocycles. The van der Waals surface area contributed by atoms with Crippen LogP contribution in [-0.2, 0) is 20.2 Å². The Kier molecular flexibility index (Phi) is 6.26. The molecule has 9 nitrogen and oxygen atoms in total. The zero-order chi connectivity index (χ0) is 24.3. The molecule has 0 spiro atoms. The minimum atomic E-state index is -4.22. The molecule has 4 rings (SSSR count). The van der Waals surface area contributed by atoms with Gasteiger partial charge in [0.05, 0.1) is 6.10 Å². The molecule has 4 aliphatic rings. The predicted molar refractivity (Wildman–Crippen MR) is 122 cm³/mol. The van der Waals surface area contributed by atoms with Gasteiger partial charge in [-0.25, -0.2) is 0 Å². The zero-order valence-corrected chi connectivity index (χ0v) is 19.9. The van der Waals surface area contributed by atoms with E-state index in [2.05, 4.69) is 5.32 Å². The SMILES string of the molecule is CCC1C(O)C2=C(C3=CCC(S(=O)(=O)O)C=C3)NC(O)C2C1C1=CCC(S(=O)(=O)O)C=C1C. The van der Waals surface area contributed by atoms with Crippen LogP contribution in [0.25, 0.3) is 0 Å². The summed E-state index contributed by atoms with van der Waals surface area (Å²) < 4.78 is 64.7. The molecule has 0 aromatic rings. The van der Waals surface area contributed by atoms with E-state index in [4.69, 9.17) is 0 Å². The Hall–Kier alpha value is -1.76. The maximum absolute atomic E-state index is 11.6. The van der Waals surface area contributed by atoms with Gasteiger partial charge in [-0.1, -0.05) is 42.9 Å². The van der Waals surface area contributed by atoms with Crippen molar-refractivity contribution >= 4 is 20.2 Å². The van der Waals surface area contributed by atoms with Gasteiger partial charge in [0, 0.05) is 17.5 Å². The molecule has 0 radical (unpaired) electrons. The van der Waals surface area contributed by atoms with Gasteiger partial charge in [0.2, 0.25) is 0 Å². The van der Waals surface area contributed by atoms with Crippen molar-refractivity contribution in [1.29, 1.82) is 0 Å². The van der Waals surface area contributed by atoms with E-state index in [1.165, 1.54) is 12.2 Å². The molecule has 1 fully saturated rings. The molecule has 0 aromatic carbocycles. The summed E-state index contributed by atoms with van der Waals surface area (Å²) in [6.45, 7) is 3.71. The topological polar surface area (TPSA) is 161 Å². The predicted octanol–water partition coefficient (Wildman–Crippen LogP) is 1.47. The molecule has 0 aromatic heterocycles. The highest BCUT2D eigenvalue weighted by Crippen LogP contribution is 2.54. The molecule has 11 heteroatoms. The third-order valence-corrected chi connectivity index (χ3v) is 9.47. The second-order valence-electron chi connectivity index (χ2n) is 9.09. The van der Waals surface area contributed by atoms with Crippen LogP contribution in [0.2, 0.25) is 0 Å². The Balaban J connectivity index is 1.71. The quantitative estimate of drug-likeness (QED) is 0.353. The number of fused-ring (bicyclic) bond motifs is 1. The van der Waals surface area contributed by atoms with Crippen LogP contribution in [0.4, 0.5) is 0 Å². The van der Waals surface area contributed by atoms with Crippen LogP contribution in [0.15, 0.2) is 58.4 Å². The van der Waals surface area contributed by atoms with E-state index in [0.717, 1.165) is 5.57 Å². The maximum atomic E-state index is 11.6. The first-order valence-corrected chi connectivity index (χ1v) is 13.9. The summed E-state index contributed by atoms with van der Waals surface area (Å²) in [6.07, 6.45) is 6.87. The van der Waals surface area contributed by atoms with Crippen molar-refractivity contribution in [1.82, 2.24) is 5.32 Å². The summed E-state index contributed by atoms with van der Waals surface area (Å²) in [6, 6.07) is 0. The van der Waals surface area contributed by atoms with Crippen LogP contribution in [0.3, 0.4) is 0 Å². The summed E-state index contributed by atoms with van der Waals surface area (Å²) in [5.41, 5.74) is 3.38. The Bertz CT molecular complexity index is 1210. The average molecular weight is 500 g/mol. The lowest BCUT2D eigenvalue weighted by Crippen LogP contribution is -2.35. The van der Waals surface area contributed by atoms with Crippen LogP contribution in [0, 0.1) is 17.8 Å². The molecule has 0 saturated heterocycles. The summed E-state index contributed by atoms with van der Waals surface area (Å²) in [5, 5.41) is 23.2. The number of nitrogens with one attached hydrogen (secondary N) is 1. The molecule has 0 amide bonds. The number of rotatable bonds is 5. The smallest absolute Gasteiger partial charge is 0.271 e. The summed E-state index contributed by atoms with van der Waals surface area (Å²) in [4.78, 5) is 0. The van der Waals surface area contributed by atoms with Crippen molar-refractivity contribution < 1.29 is 36.2 Å². The normalized spacial score (nSPS) is 36.8. The van der Waals surface area contributed by atoms with Crippen LogP contribution in [-0.4, -0.2) is 59.0 Å². The Labute approximate surface area is 193 Å². The van der Waals surface area contributed by atoms with Crippen molar-refractivity contribution in [3.63, 3.8) is 0 Å². The average Bonchev–Trinajstić information content (AvgIpc) is 3.22. The summed E-state index contributed by atoms with van der Waals surface area (Å²) >= 11 is 0. The number of allylic oxidation sites excluding steroid dienone is 5. The fraction of sp³-hybridized carbons (Fsp3) is 0.545. The van der Waals surface area contributed by atoms with Crippen molar-refractivity contribution in [2.24, 2.45) is 17.8 Å². The highest BCUT2D eigenvalue weighted by atomic mass is 32.2. The summed E-state index contributed by atoms with van der Waals surface area (Å²) in [5.74, 6) is -0.935. The van der Waals surface area contributed by atoms with E-state index < -0.39 is 49.0 Å². The fourth-order valence-corrected chi connectivity index (χ4v) is 7.03. The highest BCUT2D eigenvalue weighted by Gasteiger charge is 2.54. The third kappa shape index (κ3) is 4.26. The molecule has 1 saturated carbocycles. The van der Waals surface area contributed by atoms with Crippen LogP contribution >= 0.6 is 0 Å². The fourth-order valence-electron chi connectivity index (χ4n) is 5.70. The molecule has 0 bridgehead atoms. The van der Waals surface area contributed by atoms with Crippen molar-refractivity contribution in [2.45, 2.75) is 55.9 Å². The summed E-state index contributed by atoms with van der Waals surface area (Å²) in [7, 11) is -8.43. The van der Waals surface area contributed by atoms with Gasteiger partial charge in [0.25, 0.3) is 20.2 Å². The number of hydrogen-bond acceptors (Lipinski definition) is 7. The molecule has 182 valence electrons. The molecule has 3 aliphatic carbocycles. The Morgan fingerprint density at radius 1 is 1.00 bits per heavy atom. The van der Waals surface area contributed by atoms with E-state index in [0.29, 0.717) is 28.8 Å². The lowest BCUT2D eigenvalue weighted by molar-refractivity contribution is 0.0885. The first-order chi connectivity index (χ1) is 15.3. The van der Waals surface area contributed by atoms with Gasteiger partial charge < -0.3 is 15.5 Å². The minimum Gasteiger partial charge on any atom is -0.388 e. The Morgan fingerprint density at radius 3 is 2.15 bits per heavy atom. The van der Waals surface area contributed by atoms with E-state index in [-0.39, 0.29) is 24.7 Å². The second kappa shape index (κ2) is 8.47. The van der Waals surface area contributed by atoms with Gasteiger partial charge in [-0.15, -0.1) is 0 Å². The molecule has 33 heavy (non-hydrogen) atoms. The first kappa shape index (κ1) is 24.4. The monoisotopic (exact) mass is 499 g/mol. The number of aliphatic hydroxyl groups excluding tert-OH is 2. The van der Waals surface area contributed by atoms with E-state index >= 15 is 0 Å². The van der Waals surface area contributed by atoms with Gasteiger partial charge >= 0.3 is 0 Å². The molecular formula is C22H29NO8S2. The zero-order valence-electron chi connectivity index (χ0n) is 18.3. The number of hydrogen-bond donors (Lipinski definition) is 5. The van der Waals surface area contributed by atoms with E-state index in [1.54, 1.807) is 25.2 Å². The highest BCUT2D eigenvalue weighted by molar-refractivity contribution is 7.86. The molecule has 7 unspecified atom stereocenters. The van der Waals surface area contributed by atoms with Crippen molar-refractivity contribution in [3.8, 4) is 0 Å². The van der Waals surface area contributed by atoms with E-state index in [1.807, 2.05) is 6.92 Å².